The quantitative estimate of drug-likeness (QED) is 0.0361. The molecular formula is C52H69F2N3OS4. The second-order valence-electron chi connectivity index (χ2n) is 17.8. The standard InChI is InChI=1S/C52H69F2N3OS4/c1-9-11-19-31(3)22-24-37-39-28-34(6)59-51(39)38(25-23-32(4)20-12-10-2)40-30-43(62-52(37)40)50-33(5)27-41(61-50)44-46(53)47(54)45(49(48(44)55)57-56-8)42-29-36(35(7)60-42)21-17-15-13-14-16-18-26-58/h27-32,58H,9-26,55H2,1-8H3. The van der Waals surface area contributed by atoms with Crippen molar-refractivity contribution in [1.29, 1.82) is 0 Å². The Bertz CT molecular complexity index is 2380. The molecule has 0 amide bonds. The molecule has 0 aliphatic heterocycles. The Hall–Kier alpha value is -3.02. The third kappa shape index (κ3) is 11.1. The van der Waals surface area contributed by atoms with Crippen LogP contribution in [-0.2, 0) is 19.3 Å². The summed E-state index contributed by atoms with van der Waals surface area (Å²) in [5.41, 5.74) is 12.4. The molecule has 10 heteroatoms. The van der Waals surface area contributed by atoms with E-state index >= 15 is 8.78 Å². The Balaban J connectivity index is 1.39. The van der Waals surface area contributed by atoms with Crippen molar-refractivity contribution in [3.8, 4) is 30.6 Å². The Kier molecular flexibility index (Phi) is 17.8. The van der Waals surface area contributed by atoms with Gasteiger partial charge in [0, 0.05) is 52.3 Å². The summed E-state index contributed by atoms with van der Waals surface area (Å²) < 4.78 is 36.2. The fraction of sp³-hybridized carbons (Fsp3) is 0.538. The summed E-state index contributed by atoms with van der Waals surface area (Å²) in [6, 6.07) is 8.79. The van der Waals surface area contributed by atoms with Crippen LogP contribution < -0.4 is 5.73 Å². The van der Waals surface area contributed by atoms with E-state index in [1.807, 2.05) is 41.7 Å². The number of azo groups is 1. The molecule has 0 bridgehead atoms. The molecule has 0 aliphatic rings. The second-order valence-corrected chi connectivity index (χ2v) is 22.4. The number of halogens is 2. The first-order valence-electron chi connectivity index (χ1n) is 23.3. The third-order valence-electron chi connectivity index (χ3n) is 12.8. The van der Waals surface area contributed by atoms with Gasteiger partial charge in [0.25, 0.3) is 0 Å². The minimum Gasteiger partial charge on any atom is -0.396 e. The number of benzene rings is 2. The summed E-state index contributed by atoms with van der Waals surface area (Å²) in [6.07, 6.45) is 19.1. The van der Waals surface area contributed by atoms with E-state index in [1.54, 1.807) is 0 Å². The average molecular weight is 918 g/mol. The highest BCUT2D eigenvalue weighted by Crippen LogP contribution is 2.52. The van der Waals surface area contributed by atoms with Gasteiger partial charge in [0.05, 0.1) is 16.8 Å². The van der Waals surface area contributed by atoms with Gasteiger partial charge in [-0.1, -0.05) is 91.9 Å². The highest BCUT2D eigenvalue weighted by atomic mass is 32.1. The van der Waals surface area contributed by atoms with E-state index in [4.69, 9.17) is 10.8 Å². The zero-order valence-corrected chi connectivity index (χ0v) is 41.8. The molecule has 0 aliphatic carbocycles. The minimum absolute atomic E-state index is 0.0586. The van der Waals surface area contributed by atoms with E-state index in [-0.39, 0.29) is 29.1 Å². The molecule has 4 heterocycles. The number of nitrogen functional groups attached to an aromatic ring is 1. The Morgan fingerprint density at radius 1 is 0.645 bits per heavy atom. The monoisotopic (exact) mass is 917 g/mol. The van der Waals surface area contributed by atoms with Crippen molar-refractivity contribution in [2.24, 2.45) is 22.1 Å². The van der Waals surface area contributed by atoms with Gasteiger partial charge in [-0.25, -0.2) is 8.78 Å². The SMILES string of the molecule is CCCCC(C)CCc1c2cc(-c3sc(-c4c(N)c(N=NC)c(-c5cc(CCCCCCCCO)c(C)s5)c(F)c4F)cc3C)sc2c(CCC(C)CCCC)c2cc(C)sc12. The minimum atomic E-state index is -0.943. The first-order chi connectivity index (χ1) is 29.9. The van der Waals surface area contributed by atoms with Crippen LogP contribution in [0.1, 0.15) is 150 Å². The highest BCUT2D eigenvalue weighted by Gasteiger charge is 2.29. The number of fused-ring (bicyclic) bond motifs is 2. The van der Waals surface area contributed by atoms with Gasteiger partial charge in [-0.15, -0.1) is 45.3 Å². The molecule has 0 spiro atoms. The zero-order chi connectivity index (χ0) is 44.5. The van der Waals surface area contributed by atoms with Gasteiger partial charge in [0.2, 0.25) is 0 Å². The van der Waals surface area contributed by atoms with Crippen molar-refractivity contribution in [1.82, 2.24) is 0 Å². The van der Waals surface area contributed by atoms with Gasteiger partial charge in [-0.05, 0) is 135 Å². The maximum atomic E-state index is 16.7. The van der Waals surface area contributed by atoms with E-state index < -0.39 is 11.6 Å². The maximum Gasteiger partial charge on any atom is 0.170 e. The van der Waals surface area contributed by atoms with E-state index in [0.717, 1.165) is 78.7 Å². The number of hydrogen-bond donors (Lipinski definition) is 2. The fourth-order valence-corrected chi connectivity index (χ4v) is 14.0. The Morgan fingerprint density at radius 3 is 1.85 bits per heavy atom. The number of unbranched alkanes of at least 4 members (excludes halogenated alkanes) is 7. The van der Waals surface area contributed by atoms with E-state index in [9.17, 15) is 0 Å². The molecule has 4 aromatic heterocycles. The van der Waals surface area contributed by atoms with E-state index in [0.29, 0.717) is 21.6 Å². The van der Waals surface area contributed by atoms with E-state index in [2.05, 4.69) is 63.9 Å². The summed E-state index contributed by atoms with van der Waals surface area (Å²) in [4.78, 5) is 5.90. The van der Waals surface area contributed by atoms with Crippen LogP contribution >= 0.6 is 45.3 Å². The van der Waals surface area contributed by atoms with Crippen LogP contribution in [0.3, 0.4) is 0 Å². The van der Waals surface area contributed by atoms with Crippen molar-refractivity contribution in [2.75, 3.05) is 19.4 Å². The van der Waals surface area contributed by atoms with Gasteiger partial charge in [0.1, 0.15) is 5.69 Å². The number of aliphatic hydroxyl groups excluding tert-OH is 1. The lowest BCUT2D eigenvalue weighted by Crippen LogP contribution is -2.01. The van der Waals surface area contributed by atoms with Crippen LogP contribution in [0, 0.1) is 44.2 Å². The van der Waals surface area contributed by atoms with Gasteiger partial charge in [0.15, 0.2) is 11.6 Å². The van der Waals surface area contributed by atoms with Gasteiger partial charge in [-0.3, -0.25) is 0 Å². The molecule has 4 nitrogen and oxygen atoms in total. The molecule has 0 saturated carbocycles. The summed E-state index contributed by atoms with van der Waals surface area (Å²) in [5, 5.41) is 20.3. The molecule has 0 radical (unpaired) electrons. The Labute approximate surface area is 386 Å². The number of hydrogen-bond acceptors (Lipinski definition) is 8. The molecule has 6 aromatic rings. The fourth-order valence-electron chi connectivity index (χ4n) is 9.07. The lowest BCUT2D eigenvalue weighted by atomic mass is 9.90. The van der Waals surface area contributed by atoms with Crippen LogP contribution in [0.15, 0.2) is 34.5 Å². The van der Waals surface area contributed by atoms with Crippen LogP contribution in [0.25, 0.3) is 50.8 Å². The number of anilines is 1. The van der Waals surface area contributed by atoms with Crippen LogP contribution in [-0.4, -0.2) is 18.8 Å². The van der Waals surface area contributed by atoms with Crippen LogP contribution in [0.4, 0.5) is 20.2 Å². The van der Waals surface area contributed by atoms with Crippen molar-refractivity contribution in [3.63, 3.8) is 0 Å². The highest BCUT2D eigenvalue weighted by molar-refractivity contribution is 7.27. The van der Waals surface area contributed by atoms with Crippen LogP contribution in [0.5, 0.6) is 0 Å². The molecule has 3 N–H and O–H groups in total. The summed E-state index contributed by atoms with van der Waals surface area (Å²) >= 11 is 6.76. The van der Waals surface area contributed by atoms with Crippen molar-refractivity contribution in [2.45, 2.75) is 158 Å². The summed E-state index contributed by atoms with van der Waals surface area (Å²) in [7, 11) is 1.54. The third-order valence-corrected chi connectivity index (χ3v) is 17.6. The lowest BCUT2D eigenvalue weighted by molar-refractivity contribution is 0.282. The predicted octanol–water partition coefficient (Wildman–Crippen LogP) is 18.1. The normalized spacial score (nSPS) is 13.1. The predicted molar refractivity (Wildman–Crippen MR) is 271 cm³/mol. The van der Waals surface area contributed by atoms with Gasteiger partial charge in [-0.2, -0.15) is 10.2 Å². The molecule has 2 aromatic carbocycles. The van der Waals surface area contributed by atoms with Crippen molar-refractivity contribution >= 4 is 76.9 Å². The maximum absolute atomic E-state index is 16.7. The Morgan fingerprint density at radius 2 is 1.23 bits per heavy atom. The number of nitrogens with two attached hydrogens (primary N) is 1. The zero-order valence-electron chi connectivity index (χ0n) is 38.5. The largest absolute Gasteiger partial charge is 0.396 e. The van der Waals surface area contributed by atoms with Crippen molar-refractivity contribution in [3.05, 3.63) is 67.9 Å². The van der Waals surface area contributed by atoms with Crippen molar-refractivity contribution < 1.29 is 13.9 Å². The number of nitrogens with zero attached hydrogens (tertiary/aromatic N) is 2. The molecule has 2 atom stereocenters. The first-order valence-corrected chi connectivity index (χ1v) is 26.6. The number of thiophene rings is 4. The molecule has 2 unspecified atom stereocenters. The lowest BCUT2D eigenvalue weighted by Gasteiger charge is -2.16. The van der Waals surface area contributed by atoms with Crippen LogP contribution in [0.2, 0.25) is 0 Å². The molecule has 0 fully saturated rings. The first kappa shape index (κ1) is 48.4. The molecular weight excluding hydrogens is 849 g/mol. The second kappa shape index (κ2) is 22.7. The molecule has 336 valence electrons. The smallest absolute Gasteiger partial charge is 0.170 e. The summed E-state index contributed by atoms with van der Waals surface area (Å²) in [5.74, 6) is -0.548. The number of rotatable bonds is 24. The van der Waals surface area contributed by atoms with E-state index in [1.165, 1.54) is 122 Å². The van der Waals surface area contributed by atoms with Gasteiger partial charge < -0.3 is 10.8 Å². The molecule has 62 heavy (non-hydrogen) atoms. The average Bonchev–Trinajstić information content (AvgIpc) is 4.04. The topological polar surface area (TPSA) is 71.0 Å². The number of aliphatic hydroxyl groups is 1. The van der Waals surface area contributed by atoms with Gasteiger partial charge >= 0.3 is 0 Å². The molecule has 0 saturated heterocycles. The number of aryl methyl sites for hydroxylation is 6. The molecule has 6 rings (SSSR count). The summed E-state index contributed by atoms with van der Waals surface area (Å²) in [6.45, 7) is 16.0.